The topological polar surface area (TPSA) is 33.7 Å². The summed E-state index contributed by atoms with van der Waals surface area (Å²) in [7, 11) is 3.85. The Morgan fingerprint density at radius 3 is 2.30 bits per heavy atom. The highest BCUT2D eigenvalue weighted by atomic mass is 16.7. The Labute approximate surface area is 124 Å². The number of hydrogen-bond donors (Lipinski definition) is 1. The molecule has 1 atom stereocenters. The third-order valence-corrected chi connectivity index (χ3v) is 4.37. The minimum atomic E-state index is -0.0168. The van der Waals surface area contributed by atoms with Gasteiger partial charge in [0, 0.05) is 25.2 Å². The highest BCUT2D eigenvalue weighted by Crippen LogP contribution is 2.39. The van der Waals surface area contributed by atoms with Crippen molar-refractivity contribution in [2.75, 3.05) is 27.3 Å². The van der Waals surface area contributed by atoms with E-state index in [9.17, 15) is 0 Å². The van der Waals surface area contributed by atoms with Gasteiger partial charge in [0.25, 0.3) is 0 Å². The molecule has 0 aromatic heterocycles. The van der Waals surface area contributed by atoms with E-state index in [1.54, 1.807) is 5.06 Å². The molecular formula is C16H32N2O2. The summed E-state index contributed by atoms with van der Waals surface area (Å²) in [5.41, 5.74) is 1.13. The maximum atomic E-state index is 6.02. The van der Waals surface area contributed by atoms with Crippen LogP contribution >= 0.6 is 0 Å². The van der Waals surface area contributed by atoms with Crippen LogP contribution in [0.1, 0.15) is 48.0 Å². The molecule has 0 aromatic rings. The third kappa shape index (κ3) is 3.89. The number of nitrogens with zero attached hydrogens (tertiary/aromatic N) is 1. The van der Waals surface area contributed by atoms with E-state index in [1.165, 1.54) is 0 Å². The Hall–Kier alpha value is -0.740. The molecule has 1 saturated heterocycles. The molecule has 0 amide bonds. The van der Waals surface area contributed by atoms with Crippen molar-refractivity contribution in [1.29, 1.82) is 0 Å². The molecule has 1 N–H and O–H groups in total. The van der Waals surface area contributed by atoms with Gasteiger partial charge >= 0.3 is 0 Å². The van der Waals surface area contributed by atoms with Gasteiger partial charge in [-0.3, -0.25) is 0 Å². The smallest absolute Gasteiger partial charge is 0.148 e. The van der Waals surface area contributed by atoms with Gasteiger partial charge in [0.05, 0.1) is 18.8 Å². The van der Waals surface area contributed by atoms with Gasteiger partial charge in [-0.05, 0) is 19.8 Å². The van der Waals surface area contributed by atoms with E-state index >= 15 is 0 Å². The average Bonchev–Trinajstić information content (AvgIpc) is 2.32. The number of hydroxylamine groups is 2. The zero-order valence-electron chi connectivity index (χ0n) is 14.5. The van der Waals surface area contributed by atoms with Gasteiger partial charge in [0.1, 0.15) is 5.76 Å². The predicted molar refractivity (Wildman–Crippen MR) is 83.1 cm³/mol. The number of hydrogen-bond acceptors (Lipinski definition) is 4. The fraction of sp³-hybridized carbons (Fsp3) is 0.875. The fourth-order valence-electron chi connectivity index (χ4n) is 2.58. The molecule has 20 heavy (non-hydrogen) atoms. The molecule has 1 rings (SSSR count). The first-order valence-corrected chi connectivity index (χ1v) is 7.55. The van der Waals surface area contributed by atoms with Crippen molar-refractivity contribution in [3.05, 3.63) is 11.5 Å². The summed E-state index contributed by atoms with van der Waals surface area (Å²) in [4.78, 5) is 6.02. The summed E-state index contributed by atoms with van der Waals surface area (Å²) in [6, 6.07) is 0. The molecule has 0 aromatic carbocycles. The van der Waals surface area contributed by atoms with Crippen molar-refractivity contribution in [2.45, 2.75) is 53.5 Å². The summed E-state index contributed by atoms with van der Waals surface area (Å²) in [5, 5.41) is 5.35. The van der Waals surface area contributed by atoms with Crippen LogP contribution in [-0.2, 0) is 9.57 Å². The van der Waals surface area contributed by atoms with Crippen LogP contribution in [0, 0.1) is 11.3 Å². The Morgan fingerprint density at radius 2 is 1.95 bits per heavy atom. The van der Waals surface area contributed by atoms with E-state index in [0.717, 1.165) is 31.1 Å². The molecule has 118 valence electrons. The lowest BCUT2D eigenvalue weighted by atomic mass is 9.76. The van der Waals surface area contributed by atoms with Crippen LogP contribution in [0.5, 0.6) is 0 Å². The molecule has 4 heteroatoms. The highest BCUT2D eigenvalue weighted by Gasteiger charge is 2.37. The molecular weight excluding hydrogens is 252 g/mol. The van der Waals surface area contributed by atoms with Gasteiger partial charge in [-0.15, -0.1) is 0 Å². The fourth-order valence-corrected chi connectivity index (χ4v) is 2.58. The largest absolute Gasteiger partial charge is 0.409 e. The molecule has 0 spiro atoms. The van der Waals surface area contributed by atoms with Crippen LogP contribution in [-0.4, -0.2) is 37.9 Å². The Morgan fingerprint density at radius 1 is 1.40 bits per heavy atom. The molecule has 1 aliphatic heterocycles. The maximum Gasteiger partial charge on any atom is 0.148 e. The van der Waals surface area contributed by atoms with Crippen LogP contribution in [0.25, 0.3) is 0 Å². The van der Waals surface area contributed by atoms with Gasteiger partial charge in [-0.2, -0.15) is 5.06 Å². The minimum Gasteiger partial charge on any atom is -0.409 e. The van der Waals surface area contributed by atoms with Crippen molar-refractivity contribution in [3.8, 4) is 0 Å². The van der Waals surface area contributed by atoms with Gasteiger partial charge in [-0.25, -0.2) is 0 Å². The molecule has 0 saturated carbocycles. The first-order chi connectivity index (χ1) is 9.12. The normalized spacial score (nSPS) is 21.1. The van der Waals surface area contributed by atoms with Crippen molar-refractivity contribution >= 4 is 0 Å². The van der Waals surface area contributed by atoms with Gasteiger partial charge in [-0.1, -0.05) is 34.1 Å². The SMILES string of the molecule is CC[C@@H](C)C(C)(C)/C(ON(C)C)=C(/C)NC1(C)COC1. The lowest BCUT2D eigenvalue weighted by molar-refractivity contribution is -0.107. The van der Waals surface area contributed by atoms with E-state index in [0.29, 0.717) is 5.92 Å². The zero-order valence-corrected chi connectivity index (χ0v) is 14.5. The van der Waals surface area contributed by atoms with Gasteiger partial charge in [0.2, 0.25) is 0 Å². The quantitative estimate of drug-likeness (QED) is 0.575. The molecule has 0 unspecified atom stereocenters. The molecule has 1 aliphatic rings. The molecule has 0 radical (unpaired) electrons. The molecule has 0 aliphatic carbocycles. The van der Waals surface area contributed by atoms with Crippen molar-refractivity contribution in [3.63, 3.8) is 0 Å². The Kier molecular flexibility index (Phi) is 5.50. The predicted octanol–water partition coefficient (Wildman–Crippen LogP) is 3.16. The van der Waals surface area contributed by atoms with Crippen LogP contribution < -0.4 is 5.32 Å². The van der Waals surface area contributed by atoms with Crippen LogP contribution in [0.3, 0.4) is 0 Å². The van der Waals surface area contributed by atoms with E-state index in [2.05, 4.69) is 46.9 Å². The second-order valence-corrected chi connectivity index (χ2v) is 7.07. The molecule has 0 bridgehead atoms. The highest BCUT2D eigenvalue weighted by molar-refractivity contribution is 5.16. The first kappa shape index (κ1) is 17.3. The van der Waals surface area contributed by atoms with Crippen LogP contribution in [0.4, 0.5) is 0 Å². The van der Waals surface area contributed by atoms with Crippen molar-refractivity contribution in [2.24, 2.45) is 11.3 Å². The lowest BCUT2D eigenvalue weighted by Gasteiger charge is -2.42. The van der Waals surface area contributed by atoms with Crippen LogP contribution in [0.15, 0.2) is 11.5 Å². The first-order valence-electron chi connectivity index (χ1n) is 7.55. The molecule has 4 nitrogen and oxygen atoms in total. The van der Waals surface area contributed by atoms with E-state index < -0.39 is 0 Å². The second-order valence-electron chi connectivity index (χ2n) is 7.07. The summed E-state index contributed by atoms with van der Waals surface area (Å²) in [5.74, 6) is 1.56. The number of allylic oxidation sites excluding steroid dienone is 2. The third-order valence-electron chi connectivity index (χ3n) is 4.37. The zero-order chi connectivity index (χ0) is 15.6. The van der Waals surface area contributed by atoms with Crippen molar-refractivity contribution < 1.29 is 9.57 Å². The van der Waals surface area contributed by atoms with Crippen LogP contribution in [0.2, 0.25) is 0 Å². The number of nitrogens with one attached hydrogen (secondary N) is 1. The summed E-state index contributed by atoms with van der Waals surface area (Å²) in [6.45, 7) is 14.8. The summed E-state index contributed by atoms with van der Waals surface area (Å²) in [6.07, 6.45) is 1.13. The molecule has 1 fully saturated rings. The minimum absolute atomic E-state index is 0.0168. The Balaban J connectivity index is 3.03. The monoisotopic (exact) mass is 284 g/mol. The maximum absolute atomic E-state index is 6.02. The van der Waals surface area contributed by atoms with E-state index in [1.807, 2.05) is 14.1 Å². The van der Waals surface area contributed by atoms with Gasteiger partial charge < -0.3 is 14.9 Å². The van der Waals surface area contributed by atoms with Crippen molar-refractivity contribution in [1.82, 2.24) is 10.4 Å². The summed E-state index contributed by atoms with van der Waals surface area (Å²) >= 11 is 0. The number of rotatable bonds is 7. The van der Waals surface area contributed by atoms with Gasteiger partial charge in [0.15, 0.2) is 0 Å². The number of ether oxygens (including phenoxy) is 1. The Bertz CT molecular complexity index is 357. The molecule has 1 heterocycles. The lowest BCUT2D eigenvalue weighted by Crippen LogP contribution is -2.57. The second kappa shape index (κ2) is 6.35. The van der Waals surface area contributed by atoms with E-state index in [4.69, 9.17) is 9.57 Å². The summed E-state index contributed by atoms with van der Waals surface area (Å²) < 4.78 is 5.32. The van der Waals surface area contributed by atoms with E-state index in [-0.39, 0.29) is 11.0 Å². The average molecular weight is 284 g/mol. The standard InChI is InChI=1S/C16H32N2O2/c1-9-12(2)15(4,5)14(20-18(7)8)13(3)17-16(6)10-19-11-16/h12,17H,9-11H2,1-8H3/b14-13+/t12-/m1/s1.